The maximum atomic E-state index is 10.0. The third-order valence-electron chi connectivity index (χ3n) is 3.07. The molecule has 0 radical (unpaired) electrons. The molecule has 0 saturated heterocycles. The molecule has 1 aromatic heterocycles. The topological polar surface area (TPSA) is 96.1 Å². The van der Waals surface area contributed by atoms with Crippen LogP contribution in [0.3, 0.4) is 0 Å². The van der Waals surface area contributed by atoms with E-state index in [4.69, 9.17) is 5.84 Å². The summed E-state index contributed by atoms with van der Waals surface area (Å²) in [6.45, 7) is 6.52. The van der Waals surface area contributed by atoms with Gasteiger partial charge in [-0.15, -0.1) is 0 Å². The summed E-state index contributed by atoms with van der Waals surface area (Å²) in [5, 5.41) is 13.1. The van der Waals surface area contributed by atoms with Crippen LogP contribution in [0.25, 0.3) is 0 Å². The molecule has 6 heteroatoms. The van der Waals surface area contributed by atoms with Gasteiger partial charge in [0.1, 0.15) is 5.82 Å². The van der Waals surface area contributed by atoms with Gasteiger partial charge in [-0.3, -0.25) is 5.43 Å². The third-order valence-corrected chi connectivity index (χ3v) is 3.07. The van der Waals surface area contributed by atoms with E-state index in [1.54, 1.807) is 0 Å². The van der Waals surface area contributed by atoms with Crippen molar-refractivity contribution in [2.45, 2.75) is 39.7 Å². The van der Waals surface area contributed by atoms with Crippen LogP contribution in [0.5, 0.6) is 0 Å². The number of hydrogen-bond donors (Lipinski definition) is 4. The van der Waals surface area contributed by atoms with Crippen LogP contribution < -0.4 is 16.6 Å². The first-order valence-electron chi connectivity index (χ1n) is 6.34. The number of hydrogen-bond acceptors (Lipinski definition) is 6. The molecule has 18 heavy (non-hydrogen) atoms. The normalized spacial score (nSPS) is 12.6. The Balaban J connectivity index is 2.60. The summed E-state index contributed by atoms with van der Waals surface area (Å²) in [5.74, 6) is 6.63. The van der Waals surface area contributed by atoms with Crippen molar-refractivity contribution < 1.29 is 5.11 Å². The molecule has 1 heterocycles. The lowest BCUT2D eigenvalue weighted by atomic mass is 9.97. The van der Waals surface area contributed by atoms with Gasteiger partial charge in [-0.05, 0) is 12.8 Å². The number of anilines is 2. The van der Waals surface area contributed by atoms with E-state index >= 15 is 0 Å². The predicted octanol–water partition coefficient (Wildman–Crippen LogP) is 1.28. The Bertz CT molecular complexity index is 367. The zero-order valence-corrected chi connectivity index (χ0v) is 11.3. The molecule has 0 spiro atoms. The Morgan fingerprint density at radius 3 is 2.56 bits per heavy atom. The van der Waals surface area contributed by atoms with Gasteiger partial charge in [-0.2, -0.15) is 4.98 Å². The fourth-order valence-corrected chi connectivity index (χ4v) is 1.93. The predicted molar refractivity (Wildman–Crippen MR) is 73.1 cm³/mol. The summed E-state index contributed by atoms with van der Waals surface area (Å²) >= 11 is 0. The minimum Gasteiger partial charge on any atom is -0.391 e. The van der Waals surface area contributed by atoms with Crippen molar-refractivity contribution in [3.05, 3.63) is 11.8 Å². The first kappa shape index (κ1) is 14.7. The van der Waals surface area contributed by atoms with E-state index in [-0.39, 0.29) is 6.10 Å². The minimum absolute atomic E-state index is 0.313. The summed E-state index contributed by atoms with van der Waals surface area (Å²) in [7, 11) is 0. The molecule has 0 aliphatic heterocycles. The minimum atomic E-state index is -0.371. The highest BCUT2D eigenvalue weighted by atomic mass is 16.3. The molecule has 0 aliphatic rings. The van der Waals surface area contributed by atoms with E-state index in [9.17, 15) is 5.11 Å². The molecule has 1 unspecified atom stereocenters. The second kappa shape index (κ2) is 7.13. The number of nitrogens with two attached hydrogens (primary N) is 1. The van der Waals surface area contributed by atoms with Gasteiger partial charge in [0, 0.05) is 18.3 Å². The smallest absolute Gasteiger partial charge is 0.239 e. The van der Waals surface area contributed by atoms with Gasteiger partial charge < -0.3 is 10.4 Å². The fraction of sp³-hybridized carbons (Fsp3) is 0.667. The Labute approximate surface area is 108 Å². The van der Waals surface area contributed by atoms with Gasteiger partial charge in [0.05, 0.1) is 6.10 Å². The van der Waals surface area contributed by atoms with E-state index < -0.39 is 0 Å². The lowest BCUT2D eigenvalue weighted by Gasteiger charge is -2.20. The quantitative estimate of drug-likeness (QED) is 0.432. The highest BCUT2D eigenvalue weighted by Crippen LogP contribution is 2.14. The summed E-state index contributed by atoms with van der Waals surface area (Å²) in [6.07, 6.45) is 1.57. The molecule has 1 atom stereocenters. The standard InChI is InChI=1S/C12H23N5O/c1-4-9(5-2)10(18)7-14-11-6-8(3)15-12(16-11)17-13/h6,9-10,18H,4-5,7,13H2,1-3H3,(H2,14,15,16,17). The Morgan fingerprint density at radius 2 is 2.00 bits per heavy atom. The number of aryl methyl sites for hydroxylation is 1. The van der Waals surface area contributed by atoms with E-state index in [1.165, 1.54) is 0 Å². The van der Waals surface area contributed by atoms with Gasteiger partial charge in [-0.25, -0.2) is 10.8 Å². The number of nitrogens with one attached hydrogen (secondary N) is 2. The monoisotopic (exact) mass is 253 g/mol. The summed E-state index contributed by atoms with van der Waals surface area (Å²) in [4.78, 5) is 8.26. The molecule has 102 valence electrons. The van der Waals surface area contributed by atoms with Crippen molar-refractivity contribution in [3.8, 4) is 0 Å². The third kappa shape index (κ3) is 4.12. The summed E-state index contributed by atoms with van der Waals surface area (Å²) in [5.41, 5.74) is 3.23. The number of aliphatic hydroxyl groups is 1. The molecular formula is C12H23N5O. The zero-order valence-electron chi connectivity index (χ0n) is 11.3. The average molecular weight is 253 g/mol. The van der Waals surface area contributed by atoms with E-state index in [1.807, 2.05) is 13.0 Å². The molecule has 1 rings (SSSR count). The summed E-state index contributed by atoms with van der Waals surface area (Å²) < 4.78 is 0. The number of aromatic nitrogens is 2. The van der Waals surface area contributed by atoms with Crippen molar-refractivity contribution >= 4 is 11.8 Å². The van der Waals surface area contributed by atoms with Gasteiger partial charge in [0.25, 0.3) is 0 Å². The van der Waals surface area contributed by atoms with Crippen molar-refractivity contribution in [3.63, 3.8) is 0 Å². The van der Waals surface area contributed by atoms with E-state index in [2.05, 4.69) is 34.6 Å². The second-order valence-electron chi connectivity index (χ2n) is 4.39. The van der Waals surface area contributed by atoms with E-state index in [0.29, 0.717) is 24.2 Å². The van der Waals surface area contributed by atoms with Crippen LogP contribution in [0.2, 0.25) is 0 Å². The van der Waals surface area contributed by atoms with Gasteiger partial charge in [0.2, 0.25) is 5.95 Å². The summed E-state index contributed by atoms with van der Waals surface area (Å²) in [6, 6.07) is 1.82. The maximum absolute atomic E-state index is 10.0. The number of hydrazine groups is 1. The number of rotatable bonds is 7. The Morgan fingerprint density at radius 1 is 1.33 bits per heavy atom. The number of aliphatic hydroxyl groups excluding tert-OH is 1. The van der Waals surface area contributed by atoms with Gasteiger partial charge >= 0.3 is 0 Å². The zero-order chi connectivity index (χ0) is 13.5. The van der Waals surface area contributed by atoms with Crippen molar-refractivity contribution in [2.24, 2.45) is 11.8 Å². The van der Waals surface area contributed by atoms with Gasteiger partial charge in [0.15, 0.2) is 0 Å². The molecule has 0 saturated carbocycles. The van der Waals surface area contributed by atoms with Crippen molar-refractivity contribution in [1.29, 1.82) is 0 Å². The van der Waals surface area contributed by atoms with Crippen LogP contribution in [-0.2, 0) is 0 Å². The van der Waals surface area contributed by atoms with Crippen molar-refractivity contribution in [1.82, 2.24) is 9.97 Å². The molecule has 0 aromatic carbocycles. The number of nitrogen functional groups attached to an aromatic ring is 1. The number of nitrogens with zero attached hydrogens (tertiary/aromatic N) is 2. The first-order valence-corrected chi connectivity index (χ1v) is 6.34. The lowest BCUT2D eigenvalue weighted by Crippen LogP contribution is -2.28. The SMILES string of the molecule is CCC(CC)C(O)CNc1cc(C)nc(NN)n1. The molecule has 0 aliphatic carbocycles. The first-order chi connectivity index (χ1) is 8.60. The van der Waals surface area contributed by atoms with Crippen molar-refractivity contribution in [2.75, 3.05) is 17.3 Å². The lowest BCUT2D eigenvalue weighted by molar-refractivity contribution is 0.114. The highest BCUT2D eigenvalue weighted by molar-refractivity contribution is 5.41. The van der Waals surface area contributed by atoms with Crippen LogP contribution in [0, 0.1) is 12.8 Å². The molecular weight excluding hydrogens is 230 g/mol. The molecule has 0 fully saturated rings. The molecule has 1 aromatic rings. The van der Waals surface area contributed by atoms with E-state index in [0.717, 1.165) is 18.5 Å². The average Bonchev–Trinajstić information content (AvgIpc) is 2.37. The molecule has 5 N–H and O–H groups in total. The van der Waals surface area contributed by atoms with Crippen LogP contribution in [0.1, 0.15) is 32.4 Å². The highest BCUT2D eigenvalue weighted by Gasteiger charge is 2.15. The van der Waals surface area contributed by atoms with Crippen LogP contribution in [0.4, 0.5) is 11.8 Å². The maximum Gasteiger partial charge on any atom is 0.239 e. The largest absolute Gasteiger partial charge is 0.391 e. The second-order valence-corrected chi connectivity index (χ2v) is 4.39. The van der Waals surface area contributed by atoms with Crippen LogP contribution >= 0.6 is 0 Å². The Hall–Kier alpha value is -1.40. The van der Waals surface area contributed by atoms with Crippen LogP contribution in [-0.4, -0.2) is 27.7 Å². The Kier molecular flexibility index (Phi) is 5.80. The van der Waals surface area contributed by atoms with Gasteiger partial charge in [-0.1, -0.05) is 26.7 Å². The fourth-order valence-electron chi connectivity index (χ4n) is 1.93. The molecule has 6 nitrogen and oxygen atoms in total. The van der Waals surface area contributed by atoms with Crippen LogP contribution in [0.15, 0.2) is 6.07 Å². The molecule has 0 bridgehead atoms. The molecule has 0 amide bonds.